The van der Waals surface area contributed by atoms with E-state index in [-0.39, 0.29) is 0 Å². The number of hydrogen-bond donors (Lipinski definition) is 1. The number of rotatable bonds is 4. The summed E-state index contributed by atoms with van der Waals surface area (Å²) in [5, 5.41) is 4.17. The van der Waals surface area contributed by atoms with Crippen LogP contribution in [-0.4, -0.2) is 36.1 Å². The molecule has 0 aliphatic carbocycles. The first-order valence-electron chi connectivity index (χ1n) is 9.09. The number of anilines is 4. The van der Waals surface area contributed by atoms with Crippen molar-refractivity contribution in [3.8, 4) is 0 Å². The van der Waals surface area contributed by atoms with Gasteiger partial charge in [-0.15, -0.1) is 0 Å². The summed E-state index contributed by atoms with van der Waals surface area (Å²) >= 11 is 6.12. The van der Waals surface area contributed by atoms with Crippen molar-refractivity contribution in [2.75, 3.05) is 41.3 Å². The Morgan fingerprint density at radius 1 is 0.889 bits per heavy atom. The predicted molar refractivity (Wildman–Crippen MR) is 112 cm³/mol. The van der Waals surface area contributed by atoms with Crippen molar-refractivity contribution in [1.29, 1.82) is 0 Å². The Morgan fingerprint density at radius 2 is 1.67 bits per heavy atom. The summed E-state index contributed by atoms with van der Waals surface area (Å²) in [6.07, 6.45) is 1.62. The lowest BCUT2D eigenvalue weighted by molar-refractivity contribution is 0.647. The van der Waals surface area contributed by atoms with Gasteiger partial charge in [0.05, 0.1) is 0 Å². The van der Waals surface area contributed by atoms with Gasteiger partial charge in [-0.05, 0) is 36.8 Å². The molecule has 0 amide bonds. The molecule has 4 rings (SSSR count). The van der Waals surface area contributed by atoms with Crippen LogP contribution in [0.2, 0.25) is 5.02 Å². The van der Waals surface area contributed by atoms with Crippen LogP contribution in [0.1, 0.15) is 5.56 Å². The van der Waals surface area contributed by atoms with Crippen LogP contribution >= 0.6 is 11.6 Å². The lowest BCUT2D eigenvalue weighted by Gasteiger charge is -2.36. The third-order valence-corrected chi connectivity index (χ3v) is 5.07. The van der Waals surface area contributed by atoms with Gasteiger partial charge >= 0.3 is 0 Å². The highest BCUT2D eigenvalue weighted by atomic mass is 35.5. The smallest absolute Gasteiger partial charge is 0.135 e. The topological polar surface area (TPSA) is 44.3 Å². The molecule has 1 saturated heterocycles. The second-order valence-electron chi connectivity index (χ2n) is 6.66. The number of para-hydroxylation sites is 1. The van der Waals surface area contributed by atoms with Crippen molar-refractivity contribution < 1.29 is 0 Å². The third kappa shape index (κ3) is 4.14. The standard InChI is InChI=1S/C21H22ClN5/c1-16-5-2-3-8-19(16)25-20-14-21(24-15-23-20)27-11-9-26(10-12-27)18-7-4-6-17(22)13-18/h2-8,13-15H,9-12H2,1H3,(H,23,24,25). The number of nitrogens with zero attached hydrogens (tertiary/aromatic N) is 4. The highest BCUT2D eigenvalue weighted by Crippen LogP contribution is 2.24. The Hall–Kier alpha value is -2.79. The van der Waals surface area contributed by atoms with Crippen molar-refractivity contribution >= 4 is 34.6 Å². The molecular formula is C21H22ClN5. The number of aryl methyl sites for hydroxylation is 1. The summed E-state index contributed by atoms with van der Waals surface area (Å²) in [7, 11) is 0. The fourth-order valence-corrected chi connectivity index (χ4v) is 3.49. The zero-order valence-electron chi connectivity index (χ0n) is 15.3. The van der Waals surface area contributed by atoms with E-state index in [2.05, 4.69) is 50.2 Å². The minimum absolute atomic E-state index is 0.776. The van der Waals surface area contributed by atoms with E-state index in [9.17, 15) is 0 Å². The van der Waals surface area contributed by atoms with Gasteiger partial charge in [-0.3, -0.25) is 0 Å². The van der Waals surface area contributed by atoms with Crippen LogP contribution in [0.5, 0.6) is 0 Å². The van der Waals surface area contributed by atoms with Crippen LogP contribution in [-0.2, 0) is 0 Å². The molecule has 1 aromatic heterocycles. The molecule has 1 fully saturated rings. The molecule has 0 saturated carbocycles. The van der Waals surface area contributed by atoms with Crippen molar-refractivity contribution in [2.45, 2.75) is 6.92 Å². The molecule has 1 aliphatic heterocycles. The van der Waals surface area contributed by atoms with Gasteiger partial charge in [-0.2, -0.15) is 0 Å². The molecule has 27 heavy (non-hydrogen) atoms. The van der Waals surface area contributed by atoms with Crippen LogP contribution < -0.4 is 15.1 Å². The lowest BCUT2D eigenvalue weighted by atomic mass is 10.2. The van der Waals surface area contributed by atoms with E-state index in [4.69, 9.17) is 11.6 Å². The monoisotopic (exact) mass is 379 g/mol. The molecule has 2 aromatic carbocycles. The van der Waals surface area contributed by atoms with Crippen LogP contribution in [0.4, 0.5) is 23.0 Å². The van der Waals surface area contributed by atoms with E-state index >= 15 is 0 Å². The van der Waals surface area contributed by atoms with Gasteiger partial charge in [0.15, 0.2) is 0 Å². The number of nitrogens with one attached hydrogen (secondary N) is 1. The molecule has 138 valence electrons. The first-order chi connectivity index (χ1) is 13.2. The molecule has 0 spiro atoms. The molecule has 0 atom stereocenters. The van der Waals surface area contributed by atoms with Crippen molar-refractivity contribution in [2.24, 2.45) is 0 Å². The van der Waals surface area contributed by atoms with Gasteiger partial charge in [0, 0.05) is 48.6 Å². The molecule has 1 N–H and O–H groups in total. The summed E-state index contributed by atoms with van der Waals surface area (Å²) in [5.74, 6) is 1.76. The van der Waals surface area contributed by atoms with Crippen molar-refractivity contribution in [3.05, 3.63) is 71.5 Å². The van der Waals surface area contributed by atoms with Gasteiger partial charge in [0.25, 0.3) is 0 Å². The average molecular weight is 380 g/mol. The summed E-state index contributed by atoms with van der Waals surface area (Å²) in [5.41, 5.74) is 3.42. The Balaban J connectivity index is 1.43. The molecule has 0 radical (unpaired) electrons. The fourth-order valence-electron chi connectivity index (χ4n) is 3.31. The van der Waals surface area contributed by atoms with Crippen molar-refractivity contribution in [1.82, 2.24) is 9.97 Å². The lowest BCUT2D eigenvalue weighted by Crippen LogP contribution is -2.46. The summed E-state index contributed by atoms with van der Waals surface area (Å²) in [6, 6.07) is 18.2. The Kier molecular flexibility index (Phi) is 5.12. The number of benzene rings is 2. The normalized spacial score (nSPS) is 14.3. The number of aromatic nitrogens is 2. The molecule has 2 heterocycles. The quantitative estimate of drug-likeness (QED) is 0.722. The molecule has 6 heteroatoms. The minimum Gasteiger partial charge on any atom is -0.368 e. The van der Waals surface area contributed by atoms with E-state index in [1.165, 1.54) is 11.3 Å². The van der Waals surface area contributed by atoms with Crippen LogP contribution in [0, 0.1) is 6.92 Å². The second-order valence-corrected chi connectivity index (χ2v) is 7.09. The maximum absolute atomic E-state index is 6.12. The molecular weight excluding hydrogens is 358 g/mol. The van der Waals surface area contributed by atoms with E-state index in [0.29, 0.717) is 0 Å². The van der Waals surface area contributed by atoms with Crippen LogP contribution in [0.3, 0.4) is 0 Å². The van der Waals surface area contributed by atoms with Gasteiger partial charge in [-0.1, -0.05) is 35.9 Å². The molecule has 5 nitrogen and oxygen atoms in total. The predicted octanol–water partition coefficient (Wildman–Crippen LogP) is 4.51. The summed E-state index contributed by atoms with van der Waals surface area (Å²) in [4.78, 5) is 13.5. The van der Waals surface area contributed by atoms with Gasteiger partial charge in [0.2, 0.25) is 0 Å². The Morgan fingerprint density at radius 3 is 2.44 bits per heavy atom. The zero-order chi connectivity index (χ0) is 18.6. The largest absolute Gasteiger partial charge is 0.368 e. The van der Waals surface area contributed by atoms with Crippen LogP contribution in [0.25, 0.3) is 0 Å². The summed E-state index contributed by atoms with van der Waals surface area (Å²) < 4.78 is 0. The van der Waals surface area contributed by atoms with Crippen LogP contribution in [0.15, 0.2) is 60.9 Å². The SMILES string of the molecule is Cc1ccccc1Nc1cc(N2CCN(c3cccc(Cl)c3)CC2)ncn1. The third-order valence-electron chi connectivity index (χ3n) is 4.84. The first-order valence-corrected chi connectivity index (χ1v) is 9.47. The number of piperazine rings is 1. The van der Waals surface area contributed by atoms with E-state index in [1.807, 2.05) is 36.4 Å². The minimum atomic E-state index is 0.776. The van der Waals surface area contributed by atoms with Gasteiger partial charge < -0.3 is 15.1 Å². The van der Waals surface area contributed by atoms with Crippen molar-refractivity contribution in [3.63, 3.8) is 0 Å². The molecule has 1 aliphatic rings. The molecule has 0 unspecified atom stereocenters. The highest BCUT2D eigenvalue weighted by Gasteiger charge is 2.19. The second kappa shape index (κ2) is 7.84. The first kappa shape index (κ1) is 17.6. The number of hydrogen-bond acceptors (Lipinski definition) is 5. The molecule has 0 bridgehead atoms. The zero-order valence-corrected chi connectivity index (χ0v) is 16.0. The van der Waals surface area contributed by atoms with E-state index in [0.717, 1.165) is 48.5 Å². The number of halogens is 1. The molecule has 3 aromatic rings. The fraction of sp³-hybridized carbons (Fsp3) is 0.238. The summed E-state index contributed by atoms with van der Waals surface area (Å²) in [6.45, 7) is 5.77. The highest BCUT2D eigenvalue weighted by molar-refractivity contribution is 6.30. The van der Waals surface area contributed by atoms with E-state index in [1.54, 1.807) is 6.33 Å². The van der Waals surface area contributed by atoms with Gasteiger partial charge in [-0.25, -0.2) is 9.97 Å². The maximum Gasteiger partial charge on any atom is 0.135 e. The Bertz CT molecular complexity index is 922. The van der Waals surface area contributed by atoms with Gasteiger partial charge in [0.1, 0.15) is 18.0 Å². The van der Waals surface area contributed by atoms with E-state index < -0.39 is 0 Å². The Labute approximate surface area is 164 Å². The average Bonchev–Trinajstić information content (AvgIpc) is 2.70. The maximum atomic E-state index is 6.12.